The molecule has 2 aromatic rings. The predicted molar refractivity (Wildman–Crippen MR) is 129 cm³/mol. The second-order valence-corrected chi connectivity index (χ2v) is 8.93. The molecule has 0 unspecified atom stereocenters. The van der Waals surface area contributed by atoms with Crippen molar-refractivity contribution in [2.24, 2.45) is 0 Å². The first kappa shape index (κ1) is 29.6. The van der Waals surface area contributed by atoms with Gasteiger partial charge in [-0.2, -0.15) is 0 Å². The molecular weight excluding hydrogens is 458 g/mol. The molecule has 5 N–H and O–H groups in total. The minimum atomic E-state index is -2.74. The number of rotatable bonds is 10. The van der Waals surface area contributed by atoms with Gasteiger partial charge < -0.3 is 35.2 Å². The fourth-order valence-electron chi connectivity index (χ4n) is 3.40. The summed E-state index contributed by atoms with van der Waals surface area (Å²) in [5.74, 6) is -4.85. The Labute approximate surface area is 204 Å². The lowest BCUT2D eigenvalue weighted by atomic mass is 9.96. The topological polar surface area (TPSA) is 171 Å². The second kappa shape index (κ2) is 12.3. The van der Waals surface area contributed by atoms with E-state index in [-0.39, 0.29) is 5.91 Å². The quantitative estimate of drug-likeness (QED) is 0.328. The standard InChI is InChI=1S/C18H27N3O.C6H8O7/c1-12-7-8-15-16(14(3)19-18(15)13(12)2)11-17(22)21(6)10-9-20(4)5;7-3(8)1-6(13,5(11)12)2-4(9)10/h7-8,19H,9-11H2,1-6H3;13H,1-2H2,(H,7,8)(H,9,10)(H,11,12). The molecule has 0 saturated carbocycles. The number of H-pyrrole nitrogens is 1. The molecule has 1 aromatic carbocycles. The van der Waals surface area contributed by atoms with Crippen LogP contribution in [0.1, 0.15) is 35.2 Å². The molecule has 0 radical (unpaired) electrons. The summed E-state index contributed by atoms with van der Waals surface area (Å²) in [5, 5.41) is 35.0. The fourth-order valence-corrected chi connectivity index (χ4v) is 3.40. The number of hydrogen-bond acceptors (Lipinski definition) is 6. The summed E-state index contributed by atoms with van der Waals surface area (Å²) >= 11 is 0. The lowest BCUT2D eigenvalue weighted by Gasteiger charge is -2.19. The van der Waals surface area contributed by atoms with Crippen LogP contribution >= 0.6 is 0 Å². The number of aliphatic hydroxyl groups is 1. The Morgan fingerprint density at radius 3 is 1.91 bits per heavy atom. The van der Waals surface area contributed by atoms with Crippen LogP contribution < -0.4 is 0 Å². The van der Waals surface area contributed by atoms with E-state index in [1.165, 1.54) is 16.5 Å². The molecule has 35 heavy (non-hydrogen) atoms. The number of carboxylic acid groups (broad SMARTS) is 3. The van der Waals surface area contributed by atoms with Gasteiger partial charge in [-0.3, -0.25) is 14.4 Å². The van der Waals surface area contributed by atoms with E-state index >= 15 is 0 Å². The molecule has 0 atom stereocenters. The van der Waals surface area contributed by atoms with Crippen LogP contribution in [0.5, 0.6) is 0 Å². The summed E-state index contributed by atoms with van der Waals surface area (Å²) in [5.41, 5.74) is 3.18. The highest BCUT2D eigenvalue weighted by molar-refractivity contribution is 5.92. The molecule has 0 bridgehead atoms. The average Bonchev–Trinajstić information content (AvgIpc) is 3.04. The SMILES string of the molecule is Cc1ccc2c(CC(=O)N(C)CCN(C)C)c(C)[nH]c2c1C.O=C(O)CC(O)(CC(=O)O)C(=O)O. The van der Waals surface area contributed by atoms with E-state index in [1.54, 1.807) is 0 Å². The first-order chi connectivity index (χ1) is 16.1. The fraction of sp³-hybridized carbons (Fsp3) is 0.500. The molecule has 1 amide bonds. The number of amides is 1. The van der Waals surface area contributed by atoms with Gasteiger partial charge in [0, 0.05) is 36.7 Å². The first-order valence-electron chi connectivity index (χ1n) is 10.9. The van der Waals surface area contributed by atoms with Crippen molar-refractivity contribution in [1.82, 2.24) is 14.8 Å². The average molecular weight is 494 g/mol. The first-order valence-corrected chi connectivity index (χ1v) is 10.9. The van der Waals surface area contributed by atoms with Crippen molar-refractivity contribution in [3.63, 3.8) is 0 Å². The molecule has 0 fully saturated rings. The van der Waals surface area contributed by atoms with E-state index in [0.29, 0.717) is 6.42 Å². The summed E-state index contributed by atoms with van der Waals surface area (Å²) in [6.07, 6.45) is -1.83. The van der Waals surface area contributed by atoms with Gasteiger partial charge >= 0.3 is 17.9 Å². The normalized spacial score (nSPS) is 11.2. The van der Waals surface area contributed by atoms with Crippen LogP contribution in [0.25, 0.3) is 10.9 Å². The van der Waals surface area contributed by atoms with Gasteiger partial charge in [0.2, 0.25) is 5.91 Å². The molecule has 2 rings (SSSR count). The molecule has 11 nitrogen and oxygen atoms in total. The second-order valence-electron chi connectivity index (χ2n) is 8.93. The van der Waals surface area contributed by atoms with Gasteiger partial charge in [-0.05, 0) is 51.6 Å². The number of benzene rings is 1. The Morgan fingerprint density at radius 1 is 0.914 bits per heavy atom. The number of hydrogen-bond donors (Lipinski definition) is 5. The van der Waals surface area contributed by atoms with Crippen molar-refractivity contribution in [3.8, 4) is 0 Å². The van der Waals surface area contributed by atoms with Gasteiger partial charge in [-0.15, -0.1) is 0 Å². The largest absolute Gasteiger partial charge is 0.481 e. The van der Waals surface area contributed by atoms with Crippen LogP contribution in [0.15, 0.2) is 12.1 Å². The molecule has 0 aliphatic heterocycles. The number of likely N-dealkylation sites (N-methyl/N-ethyl adjacent to an activating group) is 2. The Bertz CT molecular complexity index is 1070. The van der Waals surface area contributed by atoms with Gasteiger partial charge in [-0.1, -0.05) is 12.1 Å². The third kappa shape index (κ3) is 8.37. The maximum Gasteiger partial charge on any atom is 0.336 e. The van der Waals surface area contributed by atoms with Crippen molar-refractivity contribution in [2.45, 2.75) is 45.6 Å². The number of fused-ring (bicyclic) bond motifs is 1. The Hall–Kier alpha value is -3.44. The number of aromatic amines is 1. The van der Waals surface area contributed by atoms with Crippen molar-refractivity contribution in [3.05, 3.63) is 34.5 Å². The zero-order valence-electron chi connectivity index (χ0n) is 21.0. The molecular formula is C24H35N3O8. The zero-order chi connectivity index (χ0) is 27.1. The molecule has 0 aliphatic rings. The molecule has 0 aliphatic carbocycles. The van der Waals surface area contributed by atoms with Gasteiger partial charge in [0.1, 0.15) is 0 Å². The highest BCUT2D eigenvalue weighted by Crippen LogP contribution is 2.27. The number of nitrogens with one attached hydrogen (secondary N) is 1. The number of aryl methyl sites for hydroxylation is 3. The minimum Gasteiger partial charge on any atom is -0.481 e. The van der Waals surface area contributed by atoms with E-state index < -0.39 is 36.4 Å². The van der Waals surface area contributed by atoms with Gasteiger partial charge in [0.15, 0.2) is 5.60 Å². The highest BCUT2D eigenvalue weighted by Gasteiger charge is 2.40. The third-order valence-corrected chi connectivity index (χ3v) is 5.75. The molecule has 1 heterocycles. The van der Waals surface area contributed by atoms with Crippen molar-refractivity contribution in [2.75, 3.05) is 34.2 Å². The number of aliphatic carboxylic acids is 3. The summed E-state index contributed by atoms with van der Waals surface area (Å²) in [6.45, 7) is 7.93. The number of aromatic nitrogens is 1. The van der Waals surface area contributed by atoms with Gasteiger partial charge in [-0.25, -0.2) is 4.79 Å². The molecule has 11 heteroatoms. The summed E-state index contributed by atoms with van der Waals surface area (Å²) in [4.78, 5) is 50.3. The summed E-state index contributed by atoms with van der Waals surface area (Å²) in [6, 6.07) is 4.26. The maximum absolute atomic E-state index is 12.5. The van der Waals surface area contributed by atoms with Gasteiger partial charge in [0.05, 0.1) is 19.3 Å². The lowest BCUT2D eigenvalue weighted by Crippen LogP contribution is -2.42. The van der Waals surface area contributed by atoms with Crippen LogP contribution in [0, 0.1) is 20.8 Å². The lowest BCUT2D eigenvalue weighted by molar-refractivity contribution is -0.170. The van der Waals surface area contributed by atoms with E-state index in [4.69, 9.17) is 20.4 Å². The Kier molecular flexibility index (Phi) is 10.4. The number of carbonyl (C=O) groups excluding carboxylic acids is 1. The smallest absolute Gasteiger partial charge is 0.336 e. The van der Waals surface area contributed by atoms with Gasteiger partial charge in [0.25, 0.3) is 0 Å². The van der Waals surface area contributed by atoms with Crippen molar-refractivity contribution < 1.29 is 39.6 Å². The third-order valence-electron chi connectivity index (χ3n) is 5.75. The van der Waals surface area contributed by atoms with E-state index in [9.17, 15) is 19.2 Å². The van der Waals surface area contributed by atoms with Crippen LogP contribution in [0.4, 0.5) is 0 Å². The molecule has 0 saturated heterocycles. The zero-order valence-corrected chi connectivity index (χ0v) is 21.0. The van der Waals surface area contributed by atoms with Crippen LogP contribution in [0.2, 0.25) is 0 Å². The maximum atomic E-state index is 12.5. The predicted octanol–water partition coefficient (Wildman–Crippen LogP) is 1.41. The monoisotopic (exact) mass is 493 g/mol. The minimum absolute atomic E-state index is 0.170. The number of carboxylic acids is 3. The van der Waals surface area contributed by atoms with E-state index in [2.05, 4.69) is 42.8 Å². The molecule has 194 valence electrons. The van der Waals surface area contributed by atoms with Crippen LogP contribution in [-0.4, -0.2) is 98.9 Å². The van der Waals surface area contributed by atoms with Crippen molar-refractivity contribution in [1.29, 1.82) is 0 Å². The highest BCUT2D eigenvalue weighted by atomic mass is 16.4. The van der Waals surface area contributed by atoms with Crippen molar-refractivity contribution >= 4 is 34.7 Å². The molecule has 1 aromatic heterocycles. The summed E-state index contributed by atoms with van der Waals surface area (Å²) < 4.78 is 0. The van der Waals surface area contributed by atoms with Crippen LogP contribution in [-0.2, 0) is 25.6 Å². The summed E-state index contributed by atoms with van der Waals surface area (Å²) in [7, 11) is 5.92. The van der Waals surface area contributed by atoms with E-state index in [0.717, 1.165) is 29.9 Å². The Balaban J connectivity index is 0.000000405. The van der Waals surface area contributed by atoms with Crippen LogP contribution in [0.3, 0.4) is 0 Å². The Morgan fingerprint density at radius 2 is 1.46 bits per heavy atom. The number of carbonyl (C=O) groups is 4. The number of nitrogens with zero attached hydrogens (tertiary/aromatic N) is 2. The molecule has 0 spiro atoms. The van der Waals surface area contributed by atoms with E-state index in [1.807, 2.05) is 26.0 Å².